The average molecular weight is 270 g/mol. The van der Waals surface area contributed by atoms with Crippen LogP contribution in [0.5, 0.6) is 0 Å². The van der Waals surface area contributed by atoms with Crippen LogP contribution in [0.2, 0.25) is 0 Å². The van der Waals surface area contributed by atoms with E-state index >= 15 is 0 Å². The molecule has 0 aliphatic rings. The van der Waals surface area contributed by atoms with Crippen LogP contribution in [0.3, 0.4) is 0 Å². The first-order chi connectivity index (χ1) is 2.00. The Balaban J connectivity index is -0.00000000500. The van der Waals surface area contributed by atoms with Gasteiger partial charge in [-0.05, 0) is 0 Å². The average Bonchev–Trinajstić information content (AvgIpc) is 1.50. The van der Waals surface area contributed by atoms with E-state index in [1.54, 1.807) is 0 Å². The molecule has 0 saturated heterocycles. The third kappa shape index (κ3) is 28.9. The second kappa shape index (κ2) is 45.5. The molecule has 0 aliphatic heterocycles. The van der Waals surface area contributed by atoms with Gasteiger partial charge >= 0.3 is 127 Å². The summed E-state index contributed by atoms with van der Waals surface area (Å²) < 4.78 is 0. The Morgan fingerprint density at radius 2 is 0.833 bits per heavy atom. The van der Waals surface area contributed by atoms with Gasteiger partial charge in [-0.1, -0.05) is 0 Å². The van der Waals surface area contributed by atoms with Crippen LogP contribution in [0.25, 0.3) is 0 Å². The molecule has 0 atom stereocenters. The SMILES string of the molecule is [C-]#N.[C-]#N.[Cs+].[Rb+]. The molecule has 0 unspecified atom stereocenters. The summed E-state index contributed by atoms with van der Waals surface area (Å²) in [6, 6.07) is 0. The van der Waals surface area contributed by atoms with E-state index in [-0.39, 0.29) is 127 Å². The van der Waals surface area contributed by atoms with Crippen molar-refractivity contribution in [2.45, 2.75) is 0 Å². The molecule has 0 aliphatic carbocycles. The second-order valence-electron chi connectivity index (χ2n) is 0. The van der Waals surface area contributed by atoms with Gasteiger partial charge in [-0.15, -0.1) is 0 Å². The minimum atomic E-state index is 0. The molecule has 0 heterocycles. The third-order valence-corrected chi connectivity index (χ3v) is 0. The molecule has 0 aromatic carbocycles. The molecule has 0 saturated carbocycles. The fraction of sp³-hybridized carbons (Fsp3) is 0. The number of rotatable bonds is 0. The summed E-state index contributed by atoms with van der Waals surface area (Å²) >= 11 is 0. The monoisotopic (exact) mass is 270 g/mol. The number of hydrogen-bond donors (Lipinski definition) is 0. The van der Waals surface area contributed by atoms with Crippen LogP contribution in [-0.4, -0.2) is 0 Å². The third-order valence-electron chi connectivity index (χ3n) is 0. The molecule has 2 nitrogen and oxygen atoms in total. The minimum absolute atomic E-state index is 0. The van der Waals surface area contributed by atoms with Crippen LogP contribution < -0.4 is 127 Å². The molecule has 6 heavy (non-hydrogen) atoms. The molecule has 0 aromatic heterocycles. The van der Waals surface area contributed by atoms with Crippen LogP contribution in [0, 0.1) is 23.7 Å². The number of nitrogens with zero attached hydrogens (tertiary/aromatic N) is 2. The van der Waals surface area contributed by atoms with Crippen molar-refractivity contribution in [3.63, 3.8) is 0 Å². The fourth-order valence-electron chi connectivity index (χ4n) is 0. The minimum Gasteiger partial charge on any atom is -0.512 e. The molecular formula is C2CsN2Rb. The summed E-state index contributed by atoms with van der Waals surface area (Å²) in [5.41, 5.74) is 0. The summed E-state index contributed by atoms with van der Waals surface area (Å²) in [6.07, 6.45) is 0. The molecule has 0 amide bonds. The normalized spacial score (nSPS) is 0.667. The Bertz CT molecular complexity index is 27.0. The predicted molar refractivity (Wildman–Crippen MR) is 9.94 cm³/mol. The summed E-state index contributed by atoms with van der Waals surface area (Å²) in [6.45, 7) is 9.50. The Morgan fingerprint density at radius 3 is 0.833 bits per heavy atom. The zero-order valence-electron chi connectivity index (χ0n) is 3.89. The maximum atomic E-state index is 6.25. The van der Waals surface area contributed by atoms with Gasteiger partial charge in [-0.2, -0.15) is 0 Å². The van der Waals surface area contributed by atoms with E-state index in [9.17, 15) is 0 Å². The van der Waals surface area contributed by atoms with Gasteiger partial charge in [0.15, 0.2) is 0 Å². The van der Waals surface area contributed by atoms with Crippen LogP contribution in [0.4, 0.5) is 0 Å². The van der Waals surface area contributed by atoms with Crippen molar-refractivity contribution in [1.82, 2.24) is 0 Å². The maximum Gasteiger partial charge on any atom is 1.00 e. The Kier molecular flexibility index (Phi) is 176. The van der Waals surface area contributed by atoms with Gasteiger partial charge in [0.2, 0.25) is 0 Å². The molecule has 0 bridgehead atoms. The largest absolute Gasteiger partial charge is 1.00 e. The molecule has 0 aromatic rings. The van der Waals surface area contributed by atoms with Crippen molar-refractivity contribution in [2.75, 3.05) is 0 Å². The first-order valence-corrected chi connectivity index (χ1v) is 0.447. The van der Waals surface area contributed by atoms with Gasteiger partial charge in [-0.25, -0.2) is 0 Å². The summed E-state index contributed by atoms with van der Waals surface area (Å²) in [4.78, 5) is 0. The zero-order valence-corrected chi connectivity index (χ0v) is 15.1. The van der Waals surface area contributed by atoms with Gasteiger partial charge < -0.3 is 23.7 Å². The zero-order chi connectivity index (χ0) is 4.00. The molecule has 0 fully saturated rings. The Hall–Kier alpha value is 2.84. The van der Waals surface area contributed by atoms with E-state index in [0.29, 0.717) is 0 Å². The maximum absolute atomic E-state index is 6.25. The topological polar surface area (TPSA) is 47.6 Å². The standard InChI is InChI=1S/2CN.Cs.Rb/c2*1-2;;/q2*-1;2*+1. The molecule has 0 radical (unpaired) electrons. The van der Waals surface area contributed by atoms with Gasteiger partial charge in [-0.3, -0.25) is 0 Å². The van der Waals surface area contributed by atoms with Crippen molar-refractivity contribution < 1.29 is 127 Å². The molecular weight excluding hydrogens is 270 g/mol. The van der Waals surface area contributed by atoms with E-state index in [1.165, 1.54) is 0 Å². The van der Waals surface area contributed by atoms with Crippen molar-refractivity contribution >= 4 is 0 Å². The fourth-order valence-corrected chi connectivity index (χ4v) is 0. The van der Waals surface area contributed by atoms with Crippen molar-refractivity contribution in [3.05, 3.63) is 13.1 Å². The Labute approximate surface area is 145 Å². The molecule has 0 spiro atoms. The van der Waals surface area contributed by atoms with E-state index < -0.39 is 0 Å². The van der Waals surface area contributed by atoms with Crippen molar-refractivity contribution in [2.24, 2.45) is 0 Å². The summed E-state index contributed by atoms with van der Waals surface area (Å²) in [5.74, 6) is 0. The second-order valence-corrected chi connectivity index (χ2v) is 0. The smallest absolute Gasteiger partial charge is 0.512 e. The van der Waals surface area contributed by atoms with E-state index in [4.69, 9.17) is 23.7 Å². The molecule has 0 N–H and O–H groups in total. The summed E-state index contributed by atoms with van der Waals surface area (Å²) in [7, 11) is 0. The first-order valence-electron chi connectivity index (χ1n) is 0.447. The van der Waals surface area contributed by atoms with Crippen LogP contribution in [0.15, 0.2) is 0 Å². The summed E-state index contributed by atoms with van der Waals surface area (Å²) in [5, 5.41) is 12.5. The number of hydrogen-bond acceptors (Lipinski definition) is 2. The predicted octanol–water partition coefficient (Wildman–Crippen LogP) is -5.80. The van der Waals surface area contributed by atoms with Gasteiger partial charge in [0.05, 0.1) is 0 Å². The van der Waals surface area contributed by atoms with Crippen LogP contribution >= 0.6 is 0 Å². The quantitative estimate of drug-likeness (QED) is 0.412. The van der Waals surface area contributed by atoms with E-state index in [2.05, 4.69) is 0 Å². The molecule has 0 rings (SSSR count). The molecule has 4 heteroatoms. The van der Waals surface area contributed by atoms with Crippen molar-refractivity contribution in [3.8, 4) is 0 Å². The van der Waals surface area contributed by atoms with E-state index in [0.717, 1.165) is 0 Å². The first kappa shape index (κ1) is 23.2. The van der Waals surface area contributed by atoms with Gasteiger partial charge in [0.25, 0.3) is 0 Å². The van der Waals surface area contributed by atoms with Crippen molar-refractivity contribution in [1.29, 1.82) is 10.5 Å². The molecule has 20 valence electrons. The van der Waals surface area contributed by atoms with Gasteiger partial charge in [0.1, 0.15) is 0 Å². The van der Waals surface area contributed by atoms with Crippen LogP contribution in [-0.2, 0) is 0 Å². The van der Waals surface area contributed by atoms with Gasteiger partial charge in [0, 0.05) is 0 Å². The van der Waals surface area contributed by atoms with Crippen LogP contribution in [0.1, 0.15) is 0 Å². The van der Waals surface area contributed by atoms with E-state index in [1.807, 2.05) is 0 Å². The Morgan fingerprint density at radius 1 is 0.833 bits per heavy atom.